The number of fused-ring (bicyclic) bond motifs is 1. The van der Waals surface area contributed by atoms with Gasteiger partial charge in [-0.15, -0.1) is 0 Å². The van der Waals surface area contributed by atoms with Crippen LogP contribution in [-0.2, 0) is 23.9 Å². The summed E-state index contributed by atoms with van der Waals surface area (Å²) in [6, 6.07) is 4.01. The molecule has 0 bridgehead atoms. The van der Waals surface area contributed by atoms with E-state index >= 15 is 0 Å². The Hall–Kier alpha value is -3.30. The highest BCUT2D eigenvalue weighted by Gasteiger charge is 2.48. The Labute approximate surface area is 166 Å². The van der Waals surface area contributed by atoms with Gasteiger partial charge in [-0.05, 0) is 25.3 Å². The van der Waals surface area contributed by atoms with Crippen LogP contribution in [0.5, 0.6) is 0 Å². The van der Waals surface area contributed by atoms with E-state index in [1.54, 1.807) is 6.92 Å². The van der Waals surface area contributed by atoms with E-state index in [2.05, 4.69) is 5.32 Å². The number of anilines is 1. The Kier molecular flexibility index (Phi) is 5.90. The molecule has 3 rings (SSSR count). The van der Waals surface area contributed by atoms with Crippen LogP contribution >= 0.6 is 0 Å². The molecule has 3 amide bonds. The minimum atomic E-state index is -0.865. The summed E-state index contributed by atoms with van der Waals surface area (Å²) in [5, 5.41) is 13.3. The Morgan fingerprint density at radius 3 is 2.41 bits per heavy atom. The molecule has 1 aliphatic carbocycles. The average molecular weight is 403 g/mol. The molecule has 10 heteroatoms. The molecule has 1 saturated carbocycles. The van der Waals surface area contributed by atoms with Gasteiger partial charge in [-0.3, -0.25) is 34.2 Å². The number of imide groups is 1. The third kappa shape index (κ3) is 4.41. The molecule has 0 aromatic heterocycles. The molecule has 2 fully saturated rings. The van der Waals surface area contributed by atoms with Crippen LogP contribution in [0.3, 0.4) is 0 Å². The number of nitro groups is 1. The molecule has 29 heavy (non-hydrogen) atoms. The van der Waals surface area contributed by atoms with Gasteiger partial charge in [0.2, 0.25) is 11.8 Å². The van der Waals surface area contributed by atoms with E-state index in [9.17, 15) is 29.3 Å². The molecule has 1 N–H and O–H groups in total. The molecule has 0 radical (unpaired) electrons. The summed E-state index contributed by atoms with van der Waals surface area (Å²) >= 11 is 0. The van der Waals surface area contributed by atoms with Crippen LogP contribution in [0.25, 0.3) is 0 Å². The normalized spacial score (nSPS) is 20.9. The second-order valence-corrected chi connectivity index (χ2v) is 7.23. The van der Waals surface area contributed by atoms with E-state index in [1.807, 2.05) is 0 Å². The maximum Gasteiger partial charge on any atom is 0.326 e. The highest BCUT2D eigenvalue weighted by atomic mass is 16.6. The lowest BCUT2D eigenvalue weighted by molar-refractivity contribution is -0.384. The zero-order valence-electron chi connectivity index (χ0n) is 15.9. The predicted molar refractivity (Wildman–Crippen MR) is 99.6 cm³/mol. The lowest BCUT2D eigenvalue weighted by atomic mass is 9.81. The Morgan fingerprint density at radius 1 is 1.21 bits per heavy atom. The number of aryl methyl sites for hydroxylation is 1. The Bertz CT molecular complexity index is 859. The van der Waals surface area contributed by atoms with Gasteiger partial charge in [0.05, 0.1) is 22.4 Å². The van der Waals surface area contributed by atoms with Crippen LogP contribution < -0.4 is 5.32 Å². The van der Waals surface area contributed by atoms with Crippen molar-refractivity contribution in [3.05, 3.63) is 33.9 Å². The zero-order chi connectivity index (χ0) is 21.1. The molecule has 1 aromatic carbocycles. The number of nitrogens with zero attached hydrogens (tertiary/aromatic N) is 2. The number of likely N-dealkylation sites (tertiary alicyclic amines) is 1. The first-order valence-corrected chi connectivity index (χ1v) is 9.33. The number of benzene rings is 1. The van der Waals surface area contributed by atoms with E-state index in [0.29, 0.717) is 18.4 Å². The molecule has 10 nitrogen and oxygen atoms in total. The summed E-state index contributed by atoms with van der Waals surface area (Å²) in [6.45, 7) is 0.507. The zero-order valence-corrected chi connectivity index (χ0v) is 15.9. The average Bonchev–Trinajstić information content (AvgIpc) is 2.93. The number of ether oxygens (including phenoxy) is 1. The quantitative estimate of drug-likeness (QED) is 0.329. The van der Waals surface area contributed by atoms with Gasteiger partial charge in [-0.1, -0.05) is 18.9 Å². The number of esters is 1. The van der Waals surface area contributed by atoms with Crippen molar-refractivity contribution >= 4 is 35.1 Å². The van der Waals surface area contributed by atoms with Gasteiger partial charge >= 0.3 is 5.97 Å². The highest BCUT2D eigenvalue weighted by molar-refractivity contribution is 6.07. The summed E-state index contributed by atoms with van der Waals surface area (Å²) in [4.78, 5) is 59.9. The van der Waals surface area contributed by atoms with Crippen molar-refractivity contribution in [2.45, 2.75) is 32.6 Å². The summed E-state index contributed by atoms with van der Waals surface area (Å²) in [5.74, 6) is -2.97. The monoisotopic (exact) mass is 403 g/mol. The van der Waals surface area contributed by atoms with Gasteiger partial charge in [-0.25, -0.2) is 0 Å². The van der Waals surface area contributed by atoms with Crippen molar-refractivity contribution in [3.63, 3.8) is 0 Å². The standard InChI is InChI=1S/C19H21N3O7/c1-11-6-7-12(22(27)28)8-15(11)20-16(23)10-29-17(24)9-21-18(25)13-4-2-3-5-14(13)19(21)26/h6-8,13-14H,2-5,9-10H2,1H3,(H,20,23)/t13-,14-/m0/s1. The largest absolute Gasteiger partial charge is 0.454 e. The maximum atomic E-state index is 12.4. The van der Waals surface area contributed by atoms with Crippen LogP contribution in [-0.4, -0.2) is 46.7 Å². The third-order valence-corrected chi connectivity index (χ3v) is 5.29. The smallest absolute Gasteiger partial charge is 0.326 e. The number of rotatable bonds is 6. The molecular weight excluding hydrogens is 382 g/mol. The fourth-order valence-electron chi connectivity index (χ4n) is 3.75. The molecular formula is C19H21N3O7. The van der Waals surface area contributed by atoms with Crippen molar-refractivity contribution in [2.75, 3.05) is 18.5 Å². The van der Waals surface area contributed by atoms with Gasteiger partial charge in [0, 0.05) is 12.1 Å². The highest BCUT2D eigenvalue weighted by Crippen LogP contribution is 2.37. The molecule has 1 saturated heterocycles. The van der Waals surface area contributed by atoms with Gasteiger partial charge in [0.15, 0.2) is 6.61 Å². The van der Waals surface area contributed by atoms with Crippen LogP contribution in [0.4, 0.5) is 11.4 Å². The van der Waals surface area contributed by atoms with Gasteiger partial charge in [-0.2, -0.15) is 0 Å². The van der Waals surface area contributed by atoms with E-state index in [1.165, 1.54) is 18.2 Å². The number of nitrogens with one attached hydrogen (secondary N) is 1. The number of non-ortho nitro benzene ring substituents is 1. The Morgan fingerprint density at radius 2 is 1.83 bits per heavy atom. The van der Waals surface area contributed by atoms with E-state index in [0.717, 1.165) is 17.7 Å². The first-order valence-electron chi connectivity index (χ1n) is 9.33. The number of carbonyl (C=O) groups is 4. The molecule has 1 heterocycles. The molecule has 1 aromatic rings. The molecule has 0 unspecified atom stereocenters. The van der Waals surface area contributed by atoms with Gasteiger partial charge < -0.3 is 10.1 Å². The summed E-state index contributed by atoms with van der Waals surface area (Å²) < 4.78 is 4.87. The summed E-state index contributed by atoms with van der Waals surface area (Å²) in [6.07, 6.45) is 3.06. The molecule has 0 spiro atoms. The van der Waals surface area contributed by atoms with E-state index in [4.69, 9.17) is 4.74 Å². The second-order valence-electron chi connectivity index (χ2n) is 7.23. The fourth-order valence-corrected chi connectivity index (χ4v) is 3.75. The van der Waals surface area contributed by atoms with Gasteiger partial charge in [0.1, 0.15) is 6.54 Å². The molecule has 2 atom stereocenters. The lowest BCUT2D eigenvalue weighted by Crippen LogP contribution is -2.37. The van der Waals surface area contributed by atoms with Gasteiger partial charge in [0.25, 0.3) is 11.6 Å². The van der Waals surface area contributed by atoms with Crippen molar-refractivity contribution < 1.29 is 28.8 Å². The lowest BCUT2D eigenvalue weighted by Gasteiger charge is -2.19. The molecule has 154 valence electrons. The summed E-state index contributed by atoms with van der Waals surface area (Å²) in [7, 11) is 0. The number of amides is 3. The number of hydrogen-bond acceptors (Lipinski definition) is 7. The first-order chi connectivity index (χ1) is 13.8. The first kappa shape index (κ1) is 20.4. The maximum absolute atomic E-state index is 12.4. The third-order valence-electron chi connectivity index (χ3n) is 5.29. The van der Waals surface area contributed by atoms with Crippen LogP contribution in [0.1, 0.15) is 31.2 Å². The van der Waals surface area contributed by atoms with Crippen LogP contribution in [0.2, 0.25) is 0 Å². The predicted octanol–water partition coefficient (Wildman–Crippen LogP) is 1.56. The van der Waals surface area contributed by atoms with Crippen LogP contribution in [0.15, 0.2) is 18.2 Å². The second kappa shape index (κ2) is 8.38. The summed E-state index contributed by atoms with van der Waals surface area (Å²) in [5.41, 5.74) is 0.649. The minimum Gasteiger partial charge on any atom is -0.454 e. The van der Waals surface area contributed by atoms with E-state index in [-0.39, 0.29) is 35.0 Å². The fraction of sp³-hybridized carbons (Fsp3) is 0.474. The SMILES string of the molecule is Cc1ccc([N+](=O)[O-])cc1NC(=O)COC(=O)CN1C(=O)[C@H]2CCCC[C@@H]2C1=O. The van der Waals surface area contributed by atoms with Crippen molar-refractivity contribution in [1.82, 2.24) is 4.90 Å². The van der Waals surface area contributed by atoms with Crippen LogP contribution in [0, 0.1) is 28.9 Å². The Balaban J connectivity index is 1.52. The van der Waals surface area contributed by atoms with Crippen molar-refractivity contribution in [1.29, 1.82) is 0 Å². The number of hydrogen-bond donors (Lipinski definition) is 1. The molecule has 1 aliphatic heterocycles. The van der Waals surface area contributed by atoms with Crippen molar-refractivity contribution in [3.8, 4) is 0 Å². The number of nitro benzene ring substituents is 1. The molecule has 2 aliphatic rings. The van der Waals surface area contributed by atoms with E-state index < -0.39 is 30.0 Å². The number of carbonyl (C=O) groups excluding carboxylic acids is 4. The topological polar surface area (TPSA) is 136 Å². The minimum absolute atomic E-state index is 0.185. The van der Waals surface area contributed by atoms with Crippen molar-refractivity contribution in [2.24, 2.45) is 11.8 Å².